The van der Waals surface area contributed by atoms with E-state index in [1.54, 1.807) is 0 Å². The zero-order valence-electron chi connectivity index (χ0n) is 15.4. The Bertz CT molecular complexity index is 740. The van der Waals surface area contributed by atoms with Gasteiger partial charge in [0.25, 0.3) is 5.91 Å². The fourth-order valence-corrected chi connectivity index (χ4v) is 4.07. The Kier molecular flexibility index (Phi) is 4.83. The van der Waals surface area contributed by atoms with Crippen LogP contribution in [0.5, 0.6) is 0 Å². The Morgan fingerprint density at radius 1 is 1.23 bits per heavy atom. The topological polar surface area (TPSA) is 46.5 Å². The van der Waals surface area contributed by atoms with Crippen molar-refractivity contribution in [3.8, 4) is 0 Å². The van der Waals surface area contributed by atoms with E-state index in [0.29, 0.717) is 18.2 Å². The van der Waals surface area contributed by atoms with Crippen LogP contribution in [0.4, 0.5) is 0 Å². The van der Waals surface area contributed by atoms with E-state index < -0.39 is 0 Å². The minimum atomic E-state index is -0.00420. The summed E-state index contributed by atoms with van der Waals surface area (Å²) in [7, 11) is 1.89. The molecule has 0 aliphatic carbocycles. The molecule has 0 bridgehead atoms. The fraction of sp³-hybridized carbons (Fsp3) is 0.476. The Balaban J connectivity index is 1.19. The van der Waals surface area contributed by atoms with Crippen molar-refractivity contribution < 1.29 is 9.53 Å². The fourth-order valence-electron chi connectivity index (χ4n) is 4.07. The monoisotopic (exact) mass is 353 g/mol. The van der Waals surface area contributed by atoms with E-state index in [1.807, 2.05) is 29.9 Å². The second-order valence-electron chi connectivity index (χ2n) is 7.74. The summed E-state index contributed by atoms with van der Waals surface area (Å²) in [5, 5.41) is 3.05. The van der Waals surface area contributed by atoms with E-state index in [4.69, 9.17) is 4.74 Å². The van der Waals surface area contributed by atoms with Crippen molar-refractivity contribution in [1.82, 2.24) is 14.8 Å². The van der Waals surface area contributed by atoms with E-state index >= 15 is 0 Å². The first kappa shape index (κ1) is 17.3. The SMILES string of the molecule is Cn1cccc1C(=O)NC[C@@H]1CCC2(CN(Cc3ccccc3)C2)OC1. The molecule has 138 valence electrons. The number of aryl methyl sites for hydroxylation is 1. The molecule has 1 spiro atoms. The lowest BCUT2D eigenvalue weighted by atomic mass is 9.82. The van der Waals surface area contributed by atoms with Crippen molar-refractivity contribution >= 4 is 5.91 Å². The van der Waals surface area contributed by atoms with Crippen LogP contribution in [-0.4, -0.2) is 47.2 Å². The number of carbonyl (C=O) groups excluding carboxylic acids is 1. The second kappa shape index (κ2) is 7.25. The number of hydrogen-bond acceptors (Lipinski definition) is 3. The van der Waals surface area contributed by atoms with Gasteiger partial charge in [0.1, 0.15) is 5.69 Å². The lowest BCUT2D eigenvalue weighted by Gasteiger charge is -2.53. The Labute approximate surface area is 154 Å². The molecule has 4 rings (SSSR count). The van der Waals surface area contributed by atoms with Gasteiger partial charge in [0, 0.05) is 39.4 Å². The predicted molar refractivity (Wildman–Crippen MR) is 101 cm³/mol. The normalized spacial score (nSPS) is 22.1. The number of amides is 1. The maximum Gasteiger partial charge on any atom is 0.267 e. The highest BCUT2D eigenvalue weighted by atomic mass is 16.5. The number of carbonyl (C=O) groups is 1. The van der Waals surface area contributed by atoms with Gasteiger partial charge < -0.3 is 14.6 Å². The van der Waals surface area contributed by atoms with Gasteiger partial charge in [0.05, 0.1) is 12.2 Å². The maximum absolute atomic E-state index is 12.2. The number of nitrogens with zero attached hydrogens (tertiary/aromatic N) is 2. The average Bonchev–Trinajstić information content (AvgIpc) is 3.06. The number of hydrogen-bond donors (Lipinski definition) is 1. The molecule has 0 radical (unpaired) electrons. The summed E-state index contributed by atoms with van der Waals surface area (Å²) in [6.07, 6.45) is 4.09. The molecule has 1 N–H and O–H groups in total. The molecule has 2 aromatic rings. The van der Waals surface area contributed by atoms with Crippen LogP contribution < -0.4 is 5.32 Å². The van der Waals surface area contributed by atoms with Crippen LogP contribution in [0.15, 0.2) is 48.7 Å². The van der Waals surface area contributed by atoms with Crippen molar-refractivity contribution in [1.29, 1.82) is 0 Å². The van der Waals surface area contributed by atoms with Gasteiger partial charge in [-0.3, -0.25) is 9.69 Å². The van der Waals surface area contributed by atoms with Gasteiger partial charge in [-0.15, -0.1) is 0 Å². The molecule has 1 atom stereocenters. The second-order valence-corrected chi connectivity index (χ2v) is 7.74. The zero-order chi connectivity index (χ0) is 18.0. The van der Waals surface area contributed by atoms with E-state index in [1.165, 1.54) is 5.56 Å². The van der Waals surface area contributed by atoms with Gasteiger partial charge in [-0.2, -0.15) is 0 Å². The van der Waals surface area contributed by atoms with Crippen LogP contribution in [0.25, 0.3) is 0 Å². The summed E-state index contributed by atoms with van der Waals surface area (Å²) in [5.74, 6) is 0.406. The minimum absolute atomic E-state index is 0.00420. The number of ether oxygens (including phenoxy) is 1. The van der Waals surface area contributed by atoms with Crippen molar-refractivity contribution in [3.05, 3.63) is 59.9 Å². The highest BCUT2D eigenvalue weighted by molar-refractivity contribution is 5.92. The first-order valence-corrected chi connectivity index (χ1v) is 9.43. The van der Waals surface area contributed by atoms with Gasteiger partial charge in [-0.25, -0.2) is 0 Å². The molecule has 26 heavy (non-hydrogen) atoms. The summed E-state index contributed by atoms with van der Waals surface area (Å²) >= 11 is 0. The van der Waals surface area contributed by atoms with Crippen LogP contribution in [-0.2, 0) is 18.3 Å². The van der Waals surface area contributed by atoms with Gasteiger partial charge in [0.15, 0.2) is 0 Å². The molecular weight excluding hydrogens is 326 g/mol. The average molecular weight is 353 g/mol. The number of rotatable bonds is 5. The van der Waals surface area contributed by atoms with Crippen molar-refractivity contribution in [2.24, 2.45) is 13.0 Å². The lowest BCUT2D eigenvalue weighted by molar-refractivity contribution is -0.181. The molecule has 2 aliphatic heterocycles. The largest absolute Gasteiger partial charge is 0.372 e. The van der Waals surface area contributed by atoms with Crippen molar-refractivity contribution in [2.75, 3.05) is 26.2 Å². The van der Waals surface area contributed by atoms with Crippen LogP contribution >= 0.6 is 0 Å². The standard InChI is InChI=1S/C21H27N3O2/c1-23-11-5-8-19(23)20(25)22-12-18-9-10-21(26-14-18)15-24(16-21)13-17-6-3-2-4-7-17/h2-8,11,18H,9-10,12-16H2,1H3,(H,22,25)/t18-/m0/s1. The summed E-state index contributed by atoms with van der Waals surface area (Å²) in [5.41, 5.74) is 2.11. The molecule has 1 aromatic heterocycles. The van der Waals surface area contributed by atoms with Crippen LogP contribution in [0.3, 0.4) is 0 Å². The molecule has 5 heteroatoms. The number of likely N-dealkylation sites (tertiary alicyclic amines) is 1. The molecule has 0 saturated carbocycles. The van der Waals surface area contributed by atoms with Crippen molar-refractivity contribution in [3.63, 3.8) is 0 Å². The van der Waals surface area contributed by atoms with Gasteiger partial charge in [-0.1, -0.05) is 30.3 Å². The molecule has 2 fully saturated rings. The maximum atomic E-state index is 12.2. The molecule has 1 amide bonds. The van der Waals surface area contributed by atoms with Gasteiger partial charge in [-0.05, 0) is 36.5 Å². The summed E-state index contributed by atoms with van der Waals surface area (Å²) in [6.45, 7) is 4.47. The predicted octanol–water partition coefficient (Wildman–Crippen LogP) is 2.44. The Hall–Kier alpha value is -2.11. The summed E-state index contributed by atoms with van der Waals surface area (Å²) in [6, 6.07) is 14.3. The molecule has 5 nitrogen and oxygen atoms in total. The highest BCUT2D eigenvalue weighted by Crippen LogP contribution is 2.36. The molecule has 3 heterocycles. The van der Waals surface area contributed by atoms with E-state index in [2.05, 4.69) is 40.5 Å². The molecule has 2 aliphatic rings. The third kappa shape index (κ3) is 3.69. The van der Waals surface area contributed by atoms with Crippen molar-refractivity contribution in [2.45, 2.75) is 25.0 Å². The molecule has 2 saturated heterocycles. The minimum Gasteiger partial charge on any atom is -0.372 e. The first-order chi connectivity index (χ1) is 12.6. The van der Waals surface area contributed by atoms with E-state index in [0.717, 1.165) is 39.1 Å². The van der Waals surface area contributed by atoms with Gasteiger partial charge in [0.2, 0.25) is 0 Å². The molecule has 1 aromatic carbocycles. The zero-order valence-corrected chi connectivity index (χ0v) is 15.4. The first-order valence-electron chi connectivity index (χ1n) is 9.43. The third-order valence-corrected chi connectivity index (χ3v) is 5.63. The number of benzene rings is 1. The Morgan fingerprint density at radius 3 is 2.69 bits per heavy atom. The van der Waals surface area contributed by atoms with E-state index in [-0.39, 0.29) is 11.5 Å². The Morgan fingerprint density at radius 2 is 2.04 bits per heavy atom. The lowest BCUT2D eigenvalue weighted by Crippen LogP contribution is -2.64. The smallest absolute Gasteiger partial charge is 0.267 e. The van der Waals surface area contributed by atoms with Crippen LogP contribution in [0, 0.1) is 5.92 Å². The van der Waals surface area contributed by atoms with Crippen LogP contribution in [0.2, 0.25) is 0 Å². The summed E-state index contributed by atoms with van der Waals surface area (Å²) < 4.78 is 8.08. The quantitative estimate of drug-likeness (QED) is 0.898. The summed E-state index contributed by atoms with van der Waals surface area (Å²) in [4.78, 5) is 14.7. The van der Waals surface area contributed by atoms with E-state index in [9.17, 15) is 4.79 Å². The van der Waals surface area contributed by atoms with Crippen LogP contribution in [0.1, 0.15) is 28.9 Å². The molecular formula is C21H27N3O2. The third-order valence-electron chi connectivity index (χ3n) is 5.63. The number of nitrogens with one attached hydrogen (secondary N) is 1. The molecule has 0 unspecified atom stereocenters. The highest BCUT2D eigenvalue weighted by Gasteiger charge is 2.46. The van der Waals surface area contributed by atoms with Gasteiger partial charge >= 0.3 is 0 Å². The number of aromatic nitrogens is 1.